The topological polar surface area (TPSA) is 49.4 Å². The van der Waals surface area contributed by atoms with Crippen LogP contribution in [-0.4, -0.2) is 32.2 Å². The van der Waals surface area contributed by atoms with E-state index < -0.39 is 11.4 Å². The van der Waals surface area contributed by atoms with Crippen molar-refractivity contribution in [2.75, 3.05) is 0 Å². The minimum absolute atomic E-state index is 0. The van der Waals surface area contributed by atoms with Crippen molar-refractivity contribution < 1.29 is 40.8 Å². The van der Waals surface area contributed by atoms with E-state index in [2.05, 4.69) is 2.46 Å². The Bertz CT molecular complexity index is 46.1. The Kier molecular flexibility index (Phi) is 12.4. The maximum Gasteiger partial charge on any atom is 1.00 e. The molecule has 0 aromatic rings. The second-order valence-electron chi connectivity index (χ2n) is 0.300. The summed E-state index contributed by atoms with van der Waals surface area (Å²) in [7, 11) is 0. The van der Waals surface area contributed by atoms with E-state index in [1.165, 1.54) is 0 Å². The van der Waals surface area contributed by atoms with Crippen LogP contribution >= 0.6 is 0 Å². The first kappa shape index (κ1) is 10.8. The van der Waals surface area contributed by atoms with E-state index in [4.69, 9.17) is 0 Å². The van der Waals surface area contributed by atoms with Crippen LogP contribution in [0.4, 0.5) is 0 Å². The molecule has 0 fully saturated rings. The Morgan fingerprint density at radius 3 is 2.00 bits per heavy atom. The molecule has 0 saturated carbocycles. The molecule has 32 valence electrons. The van der Waals surface area contributed by atoms with Crippen LogP contribution in [0.2, 0.25) is 0 Å². The van der Waals surface area contributed by atoms with E-state index >= 15 is 0 Å². The van der Waals surface area contributed by atoms with E-state index in [1.807, 2.05) is 0 Å². The molecule has 0 amide bonds. The zero-order chi connectivity index (χ0) is 4.28. The van der Waals surface area contributed by atoms with Gasteiger partial charge in [-0.3, -0.25) is 0 Å². The summed E-state index contributed by atoms with van der Waals surface area (Å²) >= 11 is -1.95. The molecule has 0 aliphatic heterocycles. The average molecular weight is 227 g/mol. The molecule has 0 aliphatic rings. The fraction of sp³-hybridized carbons (Fsp3) is 0. The van der Waals surface area contributed by atoms with Gasteiger partial charge in [0.25, 0.3) is 0 Å². The van der Waals surface area contributed by atoms with Gasteiger partial charge in [-0.2, -0.15) is 0 Å². The number of hydrogen-bond donors (Lipinski definition) is 0. The molecule has 3 nitrogen and oxygen atoms in total. The van der Waals surface area contributed by atoms with Gasteiger partial charge in [0, 0.05) is 0 Å². The molecular weight excluding hydrogens is 225 g/mol. The second-order valence-corrected chi connectivity index (χ2v) is 2.55. The maximum atomic E-state index is 9.18. The van der Waals surface area contributed by atoms with Gasteiger partial charge in [-0.05, 0) is 0 Å². The van der Waals surface area contributed by atoms with Gasteiger partial charge < -0.3 is 0 Å². The largest absolute Gasteiger partial charge is 1.00 e. The third-order valence-electron chi connectivity index (χ3n) is 0.0786. The zero-order valence-corrected chi connectivity index (χ0v) is 9.32. The van der Waals surface area contributed by atoms with E-state index in [9.17, 15) is 8.76 Å². The maximum absolute atomic E-state index is 9.18. The molecular formula is H2NaO3SSb. The molecule has 6 heteroatoms. The fourth-order valence-corrected chi connectivity index (χ4v) is 0. The van der Waals surface area contributed by atoms with E-state index in [-0.39, 0.29) is 29.6 Å². The predicted molar refractivity (Wildman–Crippen MR) is 18.5 cm³/mol. The smallest absolute Gasteiger partial charge is 1.00 e. The van der Waals surface area contributed by atoms with Gasteiger partial charge in [0.2, 0.25) is 0 Å². The van der Waals surface area contributed by atoms with Crippen LogP contribution in [0.15, 0.2) is 0 Å². The average Bonchev–Trinajstić information content (AvgIpc) is 1.38. The van der Waals surface area contributed by atoms with Gasteiger partial charge in [0.05, 0.1) is 0 Å². The normalized spacial score (nSPS) is 12.3. The summed E-state index contributed by atoms with van der Waals surface area (Å²) in [6.45, 7) is 0. The molecule has 0 bridgehead atoms. The standard InChI is InChI=1S/Na.H2O3S.Sb.2H/c;1-4(2)3;;;/h;(H2,1,2,3);;;/q+1;;+1;;/p-2. The van der Waals surface area contributed by atoms with Crippen LogP contribution < -0.4 is 29.6 Å². The number of rotatable bonds is 1. The van der Waals surface area contributed by atoms with Gasteiger partial charge in [0.1, 0.15) is 0 Å². The molecule has 0 aromatic carbocycles. The van der Waals surface area contributed by atoms with Crippen molar-refractivity contribution in [3.8, 4) is 0 Å². The molecule has 0 rings (SSSR count). The Morgan fingerprint density at radius 2 is 2.00 bits per heavy atom. The molecule has 0 N–H and O–H groups in total. The van der Waals surface area contributed by atoms with E-state index in [0.29, 0.717) is 23.4 Å². The molecule has 0 heterocycles. The molecule has 0 spiro atoms. The third-order valence-corrected chi connectivity index (χ3v) is 1.58. The first-order valence-corrected chi connectivity index (χ1v) is 3.08. The van der Waals surface area contributed by atoms with Crippen molar-refractivity contribution in [3.63, 3.8) is 0 Å². The summed E-state index contributed by atoms with van der Waals surface area (Å²) in [5, 5.41) is 0. The first-order valence-electron chi connectivity index (χ1n) is 0.736. The Morgan fingerprint density at radius 1 is 1.83 bits per heavy atom. The van der Waals surface area contributed by atoms with Crippen LogP contribution in [0.3, 0.4) is 0 Å². The summed E-state index contributed by atoms with van der Waals surface area (Å²) in [6, 6.07) is 0. The molecule has 0 radical (unpaired) electrons. The fourth-order valence-electron chi connectivity index (χ4n) is 0. The Labute approximate surface area is 74.7 Å². The van der Waals surface area contributed by atoms with Gasteiger partial charge in [-0.1, -0.05) is 0 Å². The molecule has 1 atom stereocenters. The van der Waals surface area contributed by atoms with Crippen molar-refractivity contribution in [1.29, 1.82) is 0 Å². The summed E-state index contributed by atoms with van der Waals surface area (Å²) < 4.78 is 22.2. The summed E-state index contributed by atoms with van der Waals surface area (Å²) in [4.78, 5) is 0. The number of hydrogen-bond acceptors (Lipinski definition) is 3. The van der Waals surface area contributed by atoms with Crippen LogP contribution in [0.5, 0.6) is 0 Å². The minimum atomic E-state index is -2.26. The van der Waals surface area contributed by atoms with Crippen molar-refractivity contribution >= 4 is 34.8 Å². The predicted octanol–water partition coefficient (Wildman–Crippen LogP) is -4.65. The van der Waals surface area contributed by atoms with Crippen molar-refractivity contribution in [1.82, 2.24) is 0 Å². The van der Waals surface area contributed by atoms with Crippen LogP contribution in [0.25, 0.3) is 0 Å². The molecule has 0 aromatic heterocycles. The molecule has 6 heavy (non-hydrogen) atoms. The Balaban J connectivity index is 0. The summed E-state index contributed by atoms with van der Waals surface area (Å²) in [5.41, 5.74) is 0. The monoisotopic (exact) mass is 226 g/mol. The Hall–Kier alpha value is 1.89. The van der Waals surface area contributed by atoms with Crippen LogP contribution in [0.1, 0.15) is 0 Å². The quantitative estimate of drug-likeness (QED) is 0.334. The van der Waals surface area contributed by atoms with E-state index in [0.717, 1.165) is 0 Å². The van der Waals surface area contributed by atoms with Gasteiger partial charge in [0.15, 0.2) is 0 Å². The van der Waals surface area contributed by atoms with Gasteiger partial charge in [-0.25, -0.2) is 0 Å². The second kappa shape index (κ2) is 6.89. The van der Waals surface area contributed by atoms with Crippen LogP contribution in [0, 0.1) is 0 Å². The van der Waals surface area contributed by atoms with Gasteiger partial charge in [-0.15, -0.1) is 0 Å². The minimum Gasteiger partial charge on any atom is 1.00 e. The van der Waals surface area contributed by atoms with Gasteiger partial charge >= 0.3 is 75.6 Å². The summed E-state index contributed by atoms with van der Waals surface area (Å²) in [6.07, 6.45) is 0. The molecule has 1 unspecified atom stereocenters. The van der Waals surface area contributed by atoms with Crippen LogP contribution in [-0.2, 0) is 13.8 Å². The molecule has 0 aliphatic carbocycles. The van der Waals surface area contributed by atoms with Crippen molar-refractivity contribution in [2.45, 2.75) is 0 Å². The molecule has 0 saturated heterocycles. The third kappa shape index (κ3) is 9.31. The first-order chi connectivity index (χ1) is 2.27. The van der Waals surface area contributed by atoms with E-state index in [1.54, 1.807) is 0 Å². The van der Waals surface area contributed by atoms with Crippen molar-refractivity contribution in [2.24, 2.45) is 0 Å². The SMILES string of the molecule is O=S([O-])[O][SbH2].[Na+]. The van der Waals surface area contributed by atoms with Crippen molar-refractivity contribution in [3.05, 3.63) is 0 Å². The summed E-state index contributed by atoms with van der Waals surface area (Å²) in [5.74, 6) is 0. The zero-order valence-electron chi connectivity index (χ0n) is 3.21.